The second-order valence-electron chi connectivity index (χ2n) is 16.3. The first kappa shape index (κ1) is 41.4. The number of nitrogens with two attached hydrogens (primary N) is 1. The van der Waals surface area contributed by atoms with Gasteiger partial charge < -0.3 is 32.1 Å². The second kappa shape index (κ2) is 18.9. The van der Waals surface area contributed by atoms with Crippen LogP contribution in [-0.2, 0) is 19.2 Å². The molecule has 5 atom stereocenters. The van der Waals surface area contributed by atoms with Crippen molar-refractivity contribution in [2.24, 2.45) is 23.0 Å². The number of nitrogens with one attached hydrogen (secondary N) is 5. The van der Waals surface area contributed by atoms with Crippen molar-refractivity contribution >= 4 is 29.6 Å². The fraction of sp³-hybridized carbons (Fsp3) is 0.861. The Labute approximate surface area is 288 Å². The summed E-state index contributed by atoms with van der Waals surface area (Å²) < 4.78 is 0. The number of unbranched alkanes of at least 4 members (excludes halogenated alkanes) is 1. The number of hydrogen-bond acceptors (Lipinski definition) is 7. The maximum Gasteiger partial charge on any atom is 0.326 e. The normalized spacial score (nSPS) is 23.4. The summed E-state index contributed by atoms with van der Waals surface area (Å²) in [5.41, 5.74) is 4.43. The molecule has 0 radical (unpaired) electrons. The van der Waals surface area contributed by atoms with Crippen LogP contribution in [0.2, 0.25) is 0 Å². The van der Waals surface area contributed by atoms with Gasteiger partial charge in [-0.25, -0.2) is 9.59 Å². The van der Waals surface area contributed by atoms with Crippen molar-refractivity contribution in [2.45, 2.75) is 168 Å². The molecule has 1 unspecified atom stereocenters. The third-order valence-electron chi connectivity index (χ3n) is 10.3. The predicted molar refractivity (Wildman–Crippen MR) is 188 cm³/mol. The highest BCUT2D eigenvalue weighted by molar-refractivity contribution is 5.93. The molecule has 12 nitrogen and oxygen atoms in total. The van der Waals surface area contributed by atoms with E-state index in [0.717, 1.165) is 51.5 Å². The van der Waals surface area contributed by atoms with E-state index in [1.165, 1.54) is 0 Å². The van der Waals surface area contributed by atoms with E-state index in [2.05, 4.69) is 61.2 Å². The van der Waals surface area contributed by atoms with Crippen molar-refractivity contribution < 1.29 is 29.1 Å². The van der Waals surface area contributed by atoms with E-state index in [1.807, 2.05) is 13.8 Å². The van der Waals surface area contributed by atoms with Crippen LogP contribution in [0.25, 0.3) is 0 Å². The first-order valence-electron chi connectivity index (χ1n) is 18.3. The van der Waals surface area contributed by atoms with Crippen LogP contribution in [0.5, 0.6) is 0 Å². The standard InChI is InChI=1S/C36H66N6O6/c1-24(2)29(42-36-20-13-15-25(23-36)35(6,7)19-11-8-9-18-28(36)43)31(45)40-26(17-14-21-38-33(37)48)30(44)41-27(32(46)47)16-10-12-22-39-34(3,4)5/h24-27,29,39,42H,8-23H2,1-7H3,(H,40,45)(H,41,44)(H,46,47)(H3,37,38,48)/t25-,26-,27+,29-,36?/m0/s1. The van der Waals surface area contributed by atoms with Crippen LogP contribution in [0.4, 0.5) is 4.79 Å². The predicted octanol–water partition coefficient (Wildman–Crippen LogP) is 4.15. The molecule has 0 aromatic rings. The molecule has 4 amide bonds. The number of carboxylic acid groups (broad SMARTS) is 1. The minimum Gasteiger partial charge on any atom is -0.480 e. The van der Waals surface area contributed by atoms with Gasteiger partial charge in [-0.05, 0) is 109 Å². The van der Waals surface area contributed by atoms with E-state index in [4.69, 9.17) is 5.73 Å². The van der Waals surface area contributed by atoms with Gasteiger partial charge in [0.25, 0.3) is 0 Å². The van der Waals surface area contributed by atoms with Gasteiger partial charge in [0.15, 0.2) is 5.78 Å². The highest BCUT2D eigenvalue weighted by Gasteiger charge is 2.48. The Hall–Kier alpha value is -2.73. The van der Waals surface area contributed by atoms with Gasteiger partial charge in [0.2, 0.25) is 11.8 Å². The number of fused-ring (bicyclic) bond motifs is 2. The lowest BCUT2D eigenvalue weighted by Gasteiger charge is -2.48. The lowest BCUT2D eigenvalue weighted by molar-refractivity contribution is -0.142. The zero-order valence-electron chi connectivity index (χ0n) is 30.8. The third kappa shape index (κ3) is 13.6. The summed E-state index contributed by atoms with van der Waals surface area (Å²) in [6.07, 6.45) is 9.94. The summed E-state index contributed by atoms with van der Waals surface area (Å²) in [5, 5.41) is 24.9. The Morgan fingerprint density at radius 2 is 1.56 bits per heavy atom. The molecule has 0 aromatic heterocycles. The number of carboxylic acids is 1. The molecule has 2 saturated carbocycles. The number of hydrogen-bond donors (Lipinski definition) is 7. The molecule has 12 heteroatoms. The number of carbonyl (C=O) groups excluding carboxylic acids is 4. The molecule has 48 heavy (non-hydrogen) atoms. The Morgan fingerprint density at radius 1 is 0.896 bits per heavy atom. The number of urea groups is 1. The quantitative estimate of drug-likeness (QED) is 0.112. The fourth-order valence-corrected chi connectivity index (χ4v) is 7.24. The van der Waals surface area contributed by atoms with Crippen LogP contribution >= 0.6 is 0 Å². The van der Waals surface area contributed by atoms with Gasteiger partial charge >= 0.3 is 12.0 Å². The van der Waals surface area contributed by atoms with Gasteiger partial charge in [-0.2, -0.15) is 0 Å². The molecule has 276 valence electrons. The number of amides is 4. The van der Waals surface area contributed by atoms with E-state index < -0.39 is 47.5 Å². The molecule has 0 spiro atoms. The van der Waals surface area contributed by atoms with Gasteiger partial charge in [0.05, 0.1) is 11.6 Å². The molecule has 2 fully saturated rings. The lowest BCUT2D eigenvalue weighted by Crippen LogP contribution is -2.64. The summed E-state index contributed by atoms with van der Waals surface area (Å²) in [7, 11) is 0. The largest absolute Gasteiger partial charge is 0.480 e. The van der Waals surface area contributed by atoms with Crippen molar-refractivity contribution in [2.75, 3.05) is 13.1 Å². The van der Waals surface area contributed by atoms with Crippen molar-refractivity contribution in [3.8, 4) is 0 Å². The molecule has 2 rings (SSSR count). The fourth-order valence-electron chi connectivity index (χ4n) is 7.24. The summed E-state index contributed by atoms with van der Waals surface area (Å²) in [4.78, 5) is 64.9. The maximum absolute atomic E-state index is 14.0. The van der Waals surface area contributed by atoms with E-state index in [0.29, 0.717) is 38.0 Å². The maximum atomic E-state index is 14.0. The van der Waals surface area contributed by atoms with Gasteiger partial charge in [-0.15, -0.1) is 0 Å². The third-order valence-corrected chi connectivity index (χ3v) is 10.3. The molecule has 0 aliphatic heterocycles. The van der Waals surface area contributed by atoms with Crippen molar-refractivity contribution in [1.29, 1.82) is 0 Å². The van der Waals surface area contributed by atoms with Crippen LogP contribution in [0.15, 0.2) is 0 Å². The number of ketones is 1. The van der Waals surface area contributed by atoms with Crippen LogP contribution in [0.1, 0.15) is 138 Å². The lowest BCUT2D eigenvalue weighted by atomic mass is 9.61. The first-order valence-corrected chi connectivity index (χ1v) is 18.3. The molecule has 2 aliphatic carbocycles. The molecule has 2 bridgehead atoms. The average molecular weight is 679 g/mol. The Balaban J connectivity index is 2.24. The molecule has 0 aromatic carbocycles. The van der Waals surface area contributed by atoms with Crippen molar-refractivity contribution in [1.82, 2.24) is 26.6 Å². The van der Waals surface area contributed by atoms with Crippen LogP contribution in [0, 0.1) is 17.3 Å². The monoisotopic (exact) mass is 679 g/mol. The molecular weight excluding hydrogens is 612 g/mol. The molecule has 0 heterocycles. The van der Waals surface area contributed by atoms with E-state index in [1.54, 1.807) is 0 Å². The van der Waals surface area contributed by atoms with E-state index >= 15 is 0 Å². The topological polar surface area (TPSA) is 192 Å². The number of Topliss-reactive ketones (excluding diaryl/α,β-unsaturated/α-hetero) is 1. The summed E-state index contributed by atoms with van der Waals surface area (Å²) in [5.74, 6) is -1.82. The number of primary amides is 1. The zero-order valence-corrected chi connectivity index (χ0v) is 30.8. The van der Waals surface area contributed by atoms with Crippen LogP contribution in [-0.4, -0.2) is 77.0 Å². The Morgan fingerprint density at radius 3 is 2.19 bits per heavy atom. The van der Waals surface area contributed by atoms with Crippen molar-refractivity contribution in [3.05, 3.63) is 0 Å². The van der Waals surface area contributed by atoms with Crippen LogP contribution in [0.3, 0.4) is 0 Å². The Kier molecular flexibility index (Phi) is 16.3. The highest BCUT2D eigenvalue weighted by atomic mass is 16.4. The Bertz CT molecular complexity index is 1090. The second-order valence-corrected chi connectivity index (χ2v) is 16.3. The number of rotatable bonds is 17. The highest BCUT2D eigenvalue weighted by Crippen LogP contribution is 2.46. The minimum atomic E-state index is -1.14. The van der Waals surface area contributed by atoms with Gasteiger partial charge in [0.1, 0.15) is 12.1 Å². The van der Waals surface area contributed by atoms with Gasteiger partial charge in [-0.3, -0.25) is 19.7 Å². The number of carbonyl (C=O) groups is 5. The summed E-state index contributed by atoms with van der Waals surface area (Å²) in [6.45, 7) is 15.5. The molecule has 0 saturated heterocycles. The van der Waals surface area contributed by atoms with E-state index in [9.17, 15) is 29.1 Å². The van der Waals surface area contributed by atoms with Gasteiger partial charge in [0, 0.05) is 18.5 Å². The first-order chi connectivity index (χ1) is 22.4. The molecule has 2 aliphatic rings. The van der Waals surface area contributed by atoms with Crippen LogP contribution < -0.4 is 32.3 Å². The minimum absolute atomic E-state index is 0.0473. The number of aliphatic carboxylic acids is 1. The molecule has 8 N–H and O–H groups in total. The van der Waals surface area contributed by atoms with E-state index in [-0.39, 0.29) is 42.0 Å². The average Bonchev–Trinajstić information content (AvgIpc) is 2.98. The summed E-state index contributed by atoms with van der Waals surface area (Å²) in [6, 6.07) is -3.60. The molecular formula is C36H66N6O6. The van der Waals surface area contributed by atoms with Gasteiger partial charge in [-0.1, -0.05) is 47.0 Å². The summed E-state index contributed by atoms with van der Waals surface area (Å²) >= 11 is 0. The SMILES string of the molecule is CC(C)[C@H](NC12CCC[C@@H](C1)C(C)(C)CCCCCC2=O)C(=O)N[C@@H](CCCNC(N)=O)C(=O)N[C@H](CCCCNC(C)(C)C)C(=O)O. The van der Waals surface area contributed by atoms with Crippen molar-refractivity contribution in [3.63, 3.8) is 0 Å². The zero-order chi connectivity index (χ0) is 36.1. The smallest absolute Gasteiger partial charge is 0.326 e.